The highest BCUT2D eigenvalue weighted by molar-refractivity contribution is 5.76. The van der Waals surface area contributed by atoms with E-state index in [4.69, 9.17) is 10.2 Å². The van der Waals surface area contributed by atoms with Crippen molar-refractivity contribution in [2.75, 3.05) is 39.5 Å². The van der Waals surface area contributed by atoms with Crippen molar-refractivity contribution in [3.05, 3.63) is 24.1 Å². The van der Waals surface area contributed by atoms with Crippen LogP contribution >= 0.6 is 0 Å². The lowest BCUT2D eigenvalue weighted by molar-refractivity contribution is 0.238. The third-order valence-corrected chi connectivity index (χ3v) is 3.34. The van der Waals surface area contributed by atoms with Crippen molar-refractivity contribution in [2.45, 2.75) is 19.9 Å². The molecule has 5 heteroatoms. The lowest BCUT2D eigenvalue weighted by atomic mass is 10.3. The predicted molar refractivity (Wildman–Crippen MR) is 82.5 cm³/mol. The van der Waals surface area contributed by atoms with E-state index in [0.29, 0.717) is 5.69 Å². The Morgan fingerprint density at radius 3 is 2.75 bits per heavy atom. The van der Waals surface area contributed by atoms with Crippen molar-refractivity contribution in [3.8, 4) is 0 Å². The van der Waals surface area contributed by atoms with Gasteiger partial charge in [-0.25, -0.2) is 4.98 Å². The van der Waals surface area contributed by atoms with Crippen LogP contribution in [0.1, 0.15) is 19.2 Å². The molecule has 0 bridgehead atoms. The van der Waals surface area contributed by atoms with E-state index in [2.05, 4.69) is 35.8 Å². The van der Waals surface area contributed by atoms with Gasteiger partial charge in [0.1, 0.15) is 5.52 Å². The monoisotopic (exact) mass is 276 g/mol. The Morgan fingerprint density at radius 2 is 2.05 bits per heavy atom. The number of nitrogens with two attached hydrogens (primary N) is 1. The van der Waals surface area contributed by atoms with Crippen LogP contribution in [0.4, 0.5) is 5.69 Å². The van der Waals surface area contributed by atoms with Crippen molar-refractivity contribution in [3.63, 3.8) is 0 Å². The molecular formula is C15H24N4O. The Morgan fingerprint density at radius 1 is 1.25 bits per heavy atom. The van der Waals surface area contributed by atoms with E-state index in [0.717, 1.165) is 49.6 Å². The fourth-order valence-electron chi connectivity index (χ4n) is 2.21. The van der Waals surface area contributed by atoms with Crippen LogP contribution in [-0.2, 0) is 6.54 Å². The molecule has 0 atom stereocenters. The molecule has 1 heterocycles. The fraction of sp³-hybridized carbons (Fsp3) is 0.533. The number of hydrogen-bond acceptors (Lipinski definition) is 5. The van der Waals surface area contributed by atoms with Crippen LogP contribution in [0.25, 0.3) is 11.1 Å². The molecule has 0 amide bonds. The number of benzene rings is 1. The lowest BCUT2D eigenvalue weighted by Gasteiger charge is -2.19. The Hall–Kier alpha value is -1.59. The number of oxazole rings is 1. The van der Waals surface area contributed by atoms with Gasteiger partial charge in [0.25, 0.3) is 0 Å². The van der Waals surface area contributed by atoms with Gasteiger partial charge in [0, 0.05) is 11.8 Å². The first-order valence-corrected chi connectivity index (χ1v) is 7.10. The normalized spacial score (nSPS) is 11.8. The van der Waals surface area contributed by atoms with E-state index in [1.54, 1.807) is 0 Å². The molecule has 2 aromatic rings. The van der Waals surface area contributed by atoms with Gasteiger partial charge in [-0.05, 0) is 52.3 Å². The van der Waals surface area contributed by atoms with Crippen LogP contribution in [-0.4, -0.2) is 48.5 Å². The van der Waals surface area contributed by atoms with Gasteiger partial charge in [-0.15, -0.1) is 0 Å². The van der Waals surface area contributed by atoms with Gasteiger partial charge < -0.3 is 15.1 Å². The molecule has 110 valence electrons. The van der Waals surface area contributed by atoms with E-state index in [9.17, 15) is 0 Å². The van der Waals surface area contributed by atoms with E-state index in [-0.39, 0.29) is 0 Å². The minimum Gasteiger partial charge on any atom is -0.439 e. The Bertz CT molecular complexity index is 550. The van der Waals surface area contributed by atoms with Crippen LogP contribution in [0.3, 0.4) is 0 Å². The summed E-state index contributed by atoms with van der Waals surface area (Å²) in [7, 11) is 4.20. The van der Waals surface area contributed by atoms with Gasteiger partial charge >= 0.3 is 0 Å². The smallest absolute Gasteiger partial charge is 0.209 e. The van der Waals surface area contributed by atoms with E-state index in [1.807, 2.05) is 18.2 Å². The average Bonchev–Trinajstić information content (AvgIpc) is 2.78. The van der Waals surface area contributed by atoms with E-state index >= 15 is 0 Å². The van der Waals surface area contributed by atoms with Gasteiger partial charge in [-0.2, -0.15) is 0 Å². The van der Waals surface area contributed by atoms with E-state index in [1.165, 1.54) is 0 Å². The van der Waals surface area contributed by atoms with Gasteiger partial charge in [-0.3, -0.25) is 4.90 Å². The number of hydrogen-bond donors (Lipinski definition) is 1. The number of fused-ring (bicyclic) bond motifs is 1. The van der Waals surface area contributed by atoms with Crippen molar-refractivity contribution >= 4 is 16.8 Å². The van der Waals surface area contributed by atoms with Crippen LogP contribution in [0, 0.1) is 0 Å². The quantitative estimate of drug-likeness (QED) is 0.786. The zero-order valence-corrected chi connectivity index (χ0v) is 12.6. The Kier molecular flexibility index (Phi) is 4.98. The summed E-state index contributed by atoms with van der Waals surface area (Å²) in [5.41, 5.74) is 8.10. The maximum atomic E-state index is 5.77. The Labute approximate surface area is 120 Å². The average molecular weight is 276 g/mol. The molecule has 20 heavy (non-hydrogen) atoms. The molecule has 0 saturated heterocycles. The van der Waals surface area contributed by atoms with Gasteiger partial charge in [-0.1, -0.05) is 6.92 Å². The summed E-state index contributed by atoms with van der Waals surface area (Å²) in [5.74, 6) is 0.761. The second-order valence-electron chi connectivity index (χ2n) is 5.36. The number of aromatic nitrogens is 1. The van der Waals surface area contributed by atoms with Crippen molar-refractivity contribution in [2.24, 2.45) is 0 Å². The first kappa shape index (κ1) is 14.8. The zero-order valence-electron chi connectivity index (χ0n) is 12.6. The summed E-state index contributed by atoms with van der Waals surface area (Å²) >= 11 is 0. The fourth-order valence-corrected chi connectivity index (χ4v) is 2.21. The molecule has 0 aliphatic carbocycles. The van der Waals surface area contributed by atoms with Crippen molar-refractivity contribution in [1.29, 1.82) is 0 Å². The molecule has 0 unspecified atom stereocenters. The van der Waals surface area contributed by atoms with Crippen molar-refractivity contribution in [1.82, 2.24) is 14.8 Å². The summed E-state index contributed by atoms with van der Waals surface area (Å²) in [6, 6.07) is 5.58. The highest BCUT2D eigenvalue weighted by Crippen LogP contribution is 2.19. The molecule has 0 fully saturated rings. The summed E-state index contributed by atoms with van der Waals surface area (Å²) in [4.78, 5) is 9.06. The third kappa shape index (κ3) is 3.95. The molecule has 1 aromatic carbocycles. The lowest BCUT2D eigenvalue weighted by Crippen LogP contribution is -2.27. The van der Waals surface area contributed by atoms with Crippen molar-refractivity contribution < 1.29 is 4.42 Å². The first-order chi connectivity index (χ1) is 9.58. The van der Waals surface area contributed by atoms with Crippen LogP contribution in [0.2, 0.25) is 0 Å². The molecule has 1 aromatic heterocycles. The Balaban J connectivity index is 1.98. The summed E-state index contributed by atoms with van der Waals surface area (Å²) < 4.78 is 5.77. The highest BCUT2D eigenvalue weighted by Gasteiger charge is 2.10. The van der Waals surface area contributed by atoms with Crippen LogP contribution in [0.5, 0.6) is 0 Å². The van der Waals surface area contributed by atoms with Gasteiger partial charge in [0.2, 0.25) is 5.89 Å². The molecule has 0 saturated carbocycles. The number of anilines is 1. The maximum Gasteiger partial charge on any atom is 0.209 e. The predicted octanol–water partition coefficient (Wildman–Crippen LogP) is 2.18. The standard InChI is InChI=1S/C15H24N4O/c1-4-19(9-5-8-18(2)3)11-15-17-13-7-6-12(16)10-14(13)20-15/h6-7,10H,4-5,8-9,11,16H2,1-3H3. The summed E-state index contributed by atoms with van der Waals surface area (Å²) in [6.45, 7) is 6.05. The van der Waals surface area contributed by atoms with Crippen LogP contribution < -0.4 is 5.73 Å². The minimum absolute atomic E-state index is 0.707. The molecule has 5 nitrogen and oxygen atoms in total. The number of nitrogen functional groups attached to an aromatic ring is 1. The third-order valence-electron chi connectivity index (χ3n) is 3.34. The first-order valence-electron chi connectivity index (χ1n) is 7.10. The largest absolute Gasteiger partial charge is 0.439 e. The molecule has 0 aliphatic heterocycles. The van der Waals surface area contributed by atoms with Gasteiger partial charge in [0.05, 0.1) is 6.54 Å². The molecule has 2 N–H and O–H groups in total. The summed E-state index contributed by atoms with van der Waals surface area (Å²) in [5, 5.41) is 0. The van der Waals surface area contributed by atoms with Gasteiger partial charge in [0.15, 0.2) is 5.58 Å². The van der Waals surface area contributed by atoms with E-state index < -0.39 is 0 Å². The van der Waals surface area contributed by atoms with Crippen LogP contribution in [0.15, 0.2) is 22.6 Å². The second-order valence-corrected chi connectivity index (χ2v) is 5.36. The minimum atomic E-state index is 0.707. The molecular weight excluding hydrogens is 252 g/mol. The number of rotatable bonds is 7. The topological polar surface area (TPSA) is 58.5 Å². The summed E-state index contributed by atoms with van der Waals surface area (Å²) in [6.07, 6.45) is 1.15. The maximum absolute atomic E-state index is 5.77. The zero-order chi connectivity index (χ0) is 14.5. The molecule has 2 rings (SSSR count). The number of nitrogens with zero attached hydrogens (tertiary/aromatic N) is 3. The molecule has 0 spiro atoms. The highest BCUT2D eigenvalue weighted by atomic mass is 16.3. The second kappa shape index (κ2) is 6.72. The molecule has 0 aliphatic rings. The molecule has 0 radical (unpaired) electrons. The SMILES string of the molecule is CCN(CCCN(C)C)Cc1nc2ccc(N)cc2o1.